The zero-order valence-electron chi connectivity index (χ0n) is 11.0. The van der Waals surface area contributed by atoms with E-state index < -0.39 is 11.5 Å². The Kier molecular flexibility index (Phi) is 4.26. The normalized spacial score (nSPS) is 10.7. The fourth-order valence-electron chi connectivity index (χ4n) is 1.48. The maximum absolute atomic E-state index is 11.9. The zero-order valence-corrected chi connectivity index (χ0v) is 11.0. The predicted octanol–water partition coefficient (Wildman–Crippen LogP) is 1.24. The fraction of sp³-hybridized carbons (Fsp3) is 0.308. The molecule has 0 bridgehead atoms. The number of benzene rings is 1. The van der Waals surface area contributed by atoms with E-state index in [9.17, 15) is 14.4 Å². The van der Waals surface area contributed by atoms with Crippen molar-refractivity contribution < 1.29 is 19.5 Å². The molecule has 1 rings (SSSR count). The molecule has 102 valence electrons. The largest absolute Gasteiger partial charge is 0.478 e. The molecule has 3 N–H and O–H groups in total. The van der Waals surface area contributed by atoms with Crippen LogP contribution in [0.15, 0.2) is 24.3 Å². The van der Waals surface area contributed by atoms with Crippen molar-refractivity contribution in [3.8, 4) is 0 Å². The smallest absolute Gasteiger partial charge is 0.335 e. The first-order valence-electron chi connectivity index (χ1n) is 5.66. The number of amides is 2. The molecule has 1 aromatic carbocycles. The first-order chi connectivity index (χ1) is 8.72. The van der Waals surface area contributed by atoms with Gasteiger partial charge in [-0.05, 0) is 38.1 Å². The van der Waals surface area contributed by atoms with Gasteiger partial charge in [-0.25, -0.2) is 4.79 Å². The molecule has 6 heteroatoms. The molecular weight excluding hydrogens is 248 g/mol. The van der Waals surface area contributed by atoms with Gasteiger partial charge in [0, 0.05) is 12.6 Å². The summed E-state index contributed by atoms with van der Waals surface area (Å²) in [5.74, 6) is -1.72. The molecule has 0 spiro atoms. The van der Waals surface area contributed by atoms with Crippen LogP contribution in [-0.4, -0.2) is 28.4 Å². The van der Waals surface area contributed by atoms with E-state index >= 15 is 0 Å². The van der Waals surface area contributed by atoms with Crippen LogP contribution in [0.2, 0.25) is 0 Å². The third-order valence-corrected chi connectivity index (χ3v) is 2.45. The maximum Gasteiger partial charge on any atom is 0.335 e. The zero-order chi connectivity index (χ0) is 14.6. The molecule has 0 fully saturated rings. The van der Waals surface area contributed by atoms with Crippen molar-refractivity contribution in [2.24, 2.45) is 0 Å². The number of rotatable bonds is 4. The summed E-state index contributed by atoms with van der Waals surface area (Å²) < 4.78 is 0. The van der Waals surface area contributed by atoms with Gasteiger partial charge < -0.3 is 15.7 Å². The third kappa shape index (κ3) is 4.09. The summed E-state index contributed by atoms with van der Waals surface area (Å²) in [6.07, 6.45) is 0. The van der Waals surface area contributed by atoms with E-state index in [4.69, 9.17) is 5.11 Å². The maximum atomic E-state index is 11.9. The van der Waals surface area contributed by atoms with Crippen LogP contribution in [0.5, 0.6) is 0 Å². The van der Waals surface area contributed by atoms with E-state index in [1.54, 1.807) is 13.8 Å². The number of hydrogen-bond acceptors (Lipinski definition) is 3. The van der Waals surface area contributed by atoms with Crippen LogP contribution in [0.4, 0.5) is 5.69 Å². The Balaban J connectivity index is 2.76. The summed E-state index contributed by atoms with van der Waals surface area (Å²) in [7, 11) is 0. The lowest BCUT2D eigenvalue weighted by atomic mass is 10.0. The van der Waals surface area contributed by atoms with Crippen LogP contribution in [-0.2, 0) is 9.59 Å². The summed E-state index contributed by atoms with van der Waals surface area (Å²) in [6, 6.07) is 5.77. The first-order valence-corrected chi connectivity index (χ1v) is 5.66. The molecule has 0 saturated carbocycles. The highest BCUT2D eigenvalue weighted by Gasteiger charge is 2.28. The molecule has 0 saturated heterocycles. The molecule has 2 amide bonds. The summed E-state index contributed by atoms with van der Waals surface area (Å²) >= 11 is 0. The van der Waals surface area contributed by atoms with Crippen LogP contribution >= 0.6 is 0 Å². The number of carboxylic acids is 1. The average Bonchev–Trinajstić information content (AvgIpc) is 2.27. The number of carbonyl (C=O) groups excluding carboxylic acids is 2. The minimum absolute atomic E-state index is 0.138. The van der Waals surface area contributed by atoms with Gasteiger partial charge in [0.1, 0.15) is 5.54 Å². The summed E-state index contributed by atoms with van der Waals surface area (Å²) in [5, 5.41) is 13.9. The van der Waals surface area contributed by atoms with Crippen molar-refractivity contribution in [3.63, 3.8) is 0 Å². The van der Waals surface area contributed by atoms with Gasteiger partial charge >= 0.3 is 5.97 Å². The second kappa shape index (κ2) is 5.51. The van der Waals surface area contributed by atoms with Crippen molar-refractivity contribution in [1.29, 1.82) is 0 Å². The van der Waals surface area contributed by atoms with E-state index in [2.05, 4.69) is 10.6 Å². The molecule has 0 aromatic heterocycles. The average molecular weight is 264 g/mol. The van der Waals surface area contributed by atoms with E-state index in [0.29, 0.717) is 5.69 Å². The van der Waals surface area contributed by atoms with Crippen molar-refractivity contribution in [2.45, 2.75) is 26.3 Å². The Morgan fingerprint density at radius 1 is 1.11 bits per heavy atom. The van der Waals surface area contributed by atoms with Crippen LogP contribution < -0.4 is 10.6 Å². The van der Waals surface area contributed by atoms with Gasteiger partial charge in [0.05, 0.1) is 5.56 Å². The Morgan fingerprint density at radius 2 is 1.63 bits per heavy atom. The van der Waals surface area contributed by atoms with Crippen molar-refractivity contribution in [1.82, 2.24) is 5.32 Å². The Hall–Kier alpha value is -2.37. The van der Waals surface area contributed by atoms with Gasteiger partial charge in [0.15, 0.2) is 0 Å². The SMILES string of the molecule is CC(=O)NC(C)(C)C(=O)Nc1ccc(C(=O)O)cc1. The van der Waals surface area contributed by atoms with Crippen molar-refractivity contribution in [2.75, 3.05) is 5.32 Å². The summed E-state index contributed by atoms with van der Waals surface area (Å²) in [6.45, 7) is 4.49. The van der Waals surface area contributed by atoms with E-state index in [1.165, 1.54) is 31.2 Å². The van der Waals surface area contributed by atoms with Crippen LogP contribution in [0.1, 0.15) is 31.1 Å². The summed E-state index contributed by atoms with van der Waals surface area (Å²) in [4.78, 5) is 33.6. The number of carboxylic acid groups (broad SMARTS) is 1. The highest BCUT2D eigenvalue weighted by atomic mass is 16.4. The third-order valence-electron chi connectivity index (χ3n) is 2.45. The standard InChI is InChI=1S/C13H16N2O4/c1-8(16)15-13(2,3)12(19)14-10-6-4-9(5-7-10)11(17)18/h4-7H,1-3H3,(H,14,19)(H,15,16)(H,17,18). The molecule has 0 unspecified atom stereocenters. The molecule has 0 radical (unpaired) electrons. The van der Waals surface area contributed by atoms with Crippen LogP contribution in [0.25, 0.3) is 0 Å². The Labute approximate surface area is 110 Å². The number of carbonyl (C=O) groups is 3. The molecule has 0 aliphatic rings. The lowest BCUT2D eigenvalue weighted by Gasteiger charge is -2.24. The predicted molar refractivity (Wildman–Crippen MR) is 69.9 cm³/mol. The highest BCUT2D eigenvalue weighted by molar-refractivity contribution is 6.00. The van der Waals surface area contributed by atoms with Gasteiger partial charge in [0.2, 0.25) is 11.8 Å². The topological polar surface area (TPSA) is 95.5 Å². The molecule has 6 nitrogen and oxygen atoms in total. The minimum Gasteiger partial charge on any atom is -0.478 e. The number of nitrogens with one attached hydrogen (secondary N) is 2. The van der Waals surface area contributed by atoms with Crippen LogP contribution in [0, 0.1) is 0 Å². The molecule has 19 heavy (non-hydrogen) atoms. The molecule has 0 aliphatic carbocycles. The van der Waals surface area contributed by atoms with E-state index in [1.807, 2.05) is 0 Å². The van der Waals surface area contributed by atoms with Crippen molar-refractivity contribution >= 4 is 23.5 Å². The van der Waals surface area contributed by atoms with Gasteiger partial charge in [0.25, 0.3) is 0 Å². The molecule has 0 atom stereocenters. The van der Waals surface area contributed by atoms with Crippen LogP contribution in [0.3, 0.4) is 0 Å². The second-order valence-electron chi connectivity index (χ2n) is 4.64. The van der Waals surface area contributed by atoms with Gasteiger partial charge in [-0.3, -0.25) is 9.59 Å². The van der Waals surface area contributed by atoms with E-state index in [0.717, 1.165) is 0 Å². The lowest BCUT2D eigenvalue weighted by molar-refractivity contribution is -0.128. The monoisotopic (exact) mass is 264 g/mol. The van der Waals surface area contributed by atoms with Gasteiger partial charge in [-0.15, -0.1) is 0 Å². The van der Waals surface area contributed by atoms with E-state index in [-0.39, 0.29) is 17.4 Å². The van der Waals surface area contributed by atoms with Crippen molar-refractivity contribution in [3.05, 3.63) is 29.8 Å². The lowest BCUT2D eigenvalue weighted by Crippen LogP contribution is -2.51. The molecule has 0 heterocycles. The summed E-state index contributed by atoms with van der Waals surface area (Å²) in [5.41, 5.74) is -0.440. The second-order valence-corrected chi connectivity index (χ2v) is 4.64. The number of anilines is 1. The first kappa shape index (κ1) is 14.7. The fourth-order valence-corrected chi connectivity index (χ4v) is 1.48. The molecular formula is C13H16N2O4. The Morgan fingerprint density at radius 3 is 2.05 bits per heavy atom. The molecule has 0 aliphatic heterocycles. The number of aromatic carboxylic acids is 1. The quantitative estimate of drug-likeness (QED) is 0.762. The van der Waals surface area contributed by atoms with Gasteiger partial charge in [-0.2, -0.15) is 0 Å². The number of hydrogen-bond donors (Lipinski definition) is 3. The van der Waals surface area contributed by atoms with Gasteiger partial charge in [-0.1, -0.05) is 0 Å². The highest BCUT2D eigenvalue weighted by Crippen LogP contribution is 2.12. The Bertz CT molecular complexity index is 506. The minimum atomic E-state index is -1.04. The molecule has 1 aromatic rings.